The summed E-state index contributed by atoms with van der Waals surface area (Å²) >= 11 is 1.76. The predicted octanol–water partition coefficient (Wildman–Crippen LogP) is 3.60. The molecular formula is C18H24N2S. The number of likely N-dealkylation sites (N-methyl/N-ethyl adjacent to an activating group) is 1. The molecule has 0 bridgehead atoms. The summed E-state index contributed by atoms with van der Waals surface area (Å²) in [5.74, 6) is 0. The van der Waals surface area contributed by atoms with E-state index in [0.29, 0.717) is 0 Å². The number of piperazine rings is 1. The first-order valence-electron chi connectivity index (χ1n) is 7.84. The third-order valence-electron chi connectivity index (χ3n) is 4.34. The fraction of sp³-hybridized carbons (Fsp3) is 0.444. The zero-order chi connectivity index (χ0) is 14.5. The lowest BCUT2D eigenvalue weighted by molar-refractivity contribution is 0.153. The van der Waals surface area contributed by atoms with Crippen molar-refractivity contribution in [1.82, 2.24) is 9.80 Å². The number of thiophene rings is 1. The molecule has 3 rings (SSSR count). The van der Waals surface area contributed by atoms with E-state index >= 15 is 0 Å². The summed E-state index contributed by atoms with van der Waals surface area (Å²) in [7, 11) is 2.21. The van der Waals surface area contributed by atoms with Gasteiger partial charge in [0.15, 0.2) is 0 Å². The lowest BCUT2D eigenvalue weighted by atomic mass is 10.0. The second-order valence-corrected chi connectivity index (χ2v) is 6.74. The van der Waals surface area contributed by atoms with Gasteiger partial charge < -0.3 is 9.80 Å². The van der Waals surface area contributed by atoms with E-state index in [1.807, 2.05) is 0 Å². The Morgan fingerprint density at radius 3 is 2.38 bits per heavy atom. The van der Waals surface area contributed by atoms with Crippen molar-refractivity contribution >= 4 is 11.3 Å². The predicted molar refractivity (Wildman–Crippen MR) is 92.0 cm³/mol. The maximum absolute atomic E-state index is 2.60. The van der Waals surface area contributed by atoms with Crippen molar-refractivity contribution in [1.29, 1.82) is 0 Å². The van der Waals surface area contributed by atoms with E-state index in [1.54, 1.807) is 11.3 Å². The average molecular weight is 300 g/mol. The first-order chi connectivity index (χ1) is 10.3. The first kappa shape index (κ1) is 14.8. The van der Waals surface area contributed by atoms with Crippen LogP contribution in [0.4, 0.5) is 0 Å². The number of hydrogen-bond acceptors (Lipinski definition) is 3. The Morgan fingerprint density at radius 2 is 1.71 bits per heavy atom. The number of aryl methyl sites for hydroxylation is 1. The molecule has 0 radical (unpaired) electrons. The van der Waals surface area contributed by atoms with Gasteiger partial charge in [0.1, 0.15) is 0 Å². The smallest absolute Gasteiger partial charge is 0.0110 e. The van der Waals surface area contributed by atoms with Crippen molar-refractivity contribution in [2.24, 2.45) is 0 Å². The highest BCUT2D eigenvalue weighted by molar-refractivity contribution is 7.08. The molecule has 112 valence electrons. The van der Waals surface area contributed by atoms with Gasteiger partial charge in [-0.05, 0) is 60.0 Å². The highest BCUT2D eigenvalue weighted by Gasteiger charge is 2.12. The SMILES string of the molecule is CN1CCN(CCCc2ccc(-c3ccsc3)cc2)CC1. The summed E-state index contributed by atoms with van der Waals surface area (Å²) in [6, 6.07) is 11.3. The molecule has 0 amide bonds. The van der Waals surface area contributed by atoms with Crippen molar-refractivity contribution in [3.63, 3.8) is 0 Å². The molecule has 1 fully saturated rings. The molecule has 2 nitrogen and oxygen atoms in total. The van der Waals surface area contributed by atoms with Crippen LogP contribution in [0, 0.1) is 0 Å². The highest BCUT2D eigenvalue weighted by atomic mass is 32.1. The molecule has 1 saturated heterocycles. The molecule has 21 heavy (non-hydrogen) atoms. The van der Waals surface area contributed by atoms with Gasteiger partial charge in [0.2, 0.25) is 0 Å². The Bertz CT molecular complexity index is 525. The highest BCUT2D eigenvalue weighted by Crippen LogP contribution is 2.22. The summed E-state index contributed by atoms with van der Waals surface area (Å²) in [5.41, 5.74) is 4.13. The summed E-state index contributed by atoms with van der Waals surface area (Å²) in [4.78, 5) is 5.01. The van der Waals surface area contributed by atoms with Gasteiger partial charge >= 0.3 is 0 Å². The van der Waals surface area contributed by atoms with Crippen LogP contribution in [0.1, 0.15) is 12.0 Å². The zero-order valence-corrected chi connectivity index (χ0v) is 13.6. The molecule has 0 unspecified atom stereocenters. The van der Waals surface area contributed by atoms with Crippen molar-refractivity contribution in [3.05, 3.63) is 46.7 Å². The maximum atomic E-state index is 2.60. The van der Waals surface area contributed by atoms with E-state index in [9.17, 15) is 0 Å². The molecule has 1 aliphatic heterocycles. The van der Waals surface area contributed by atoms with Crippen LogP contribution in [0.25, 0.3) is 11.1 Å². The van der Waals surface area contributed by atoms with Crippen LogP contribution < -0.4 is 0 Å². The standard InChI is InChI=1S/C18H24N2S/c1-19-10-12-20(13-11-19)9-2-3-16-4-6-17(7-5-16)18-8-14-21-15-18/h4-8,14-15H,2-3,9-13H2,1H3. The van der Waals surface area contributed by atoms with E-state index in [1.165, 1.54) is 62.3 Å². The van der Waals surface area contributed by atoms with Crippen molar-refractivity contribution in [2.75, 3.05) is 39.8 Å². The molecule has 0 atom stereocenters. The van der Waals surface area contributed by atoms with Crippen molar-refractivity contribution in [3.8, 4) is 11.1 Å². The molecule has 2 aromatic rings. The van der Waals surface area contributed by atoms with Gasteiger partial charge in [-0.2, -0.15) is 11.3 Å². The fourth-order valence-corrected chi connectivity index (χ4v) is 3.54. The Kier molecular flexibility index (Phi) is 5.07. The minimum atomic E-state index is 1.19. The zero-order valence-electron chi connectivity index (χ0n) is 12.8. The molecule has 2 heterocycles. The quantitative estimate of drug-likeness (QED) is 0.832. The van der Waals surface area contributed by atoms with E-state index in [-0.39, 0.29) is 0 Å². The van der Waals surface area contributed by atoms with Gasteiger partial charge in [0, 0.05) is 26.2 Å². The minimum absolute atomic E-state index is 1.19. The van der Waals surface area contributed by atoms with Gasteiger partial charge in [-0.25, -0.2) is 0 Å². The maximum Gasteiger partial charge on any atom is 0.0110 e. The summed E-state index contributed by atoms with van der Waals surface area (Å²) in [6.45, 7) is 6.13. The first-order valence-corrected chi connectivity index (χ1v) is 8.78. The van der Waals surface area contributed by atoms with Crippen LogP contribution in [0.5, 0.6) is 0 Å². The molecule has 1 aromatic heterocycles. The summed E-state index contributed by atoms with van der Waals surface area (Å²) < 4.78 is 0. The number of hydrogen-bond donors (Lipinski definition) is 0. The number of benzene rings is 1. The van der Waals surface area contributed by atoms with Gasteiger partial charge in [-0.1, -0.05) is 24.3 Å². The van der Waals surface area contributed by atoms with Crippen LogP contribution in [0.15, 0.2) is 41.1 Å². The van der Waals surface area contributed by atoms with Gasteiger partial charge in [-0.3, -0.25) is 0 Å². The molecule has 1 aromatic carbocycles. The van der Waals surface area contributed by atoms with Crippen LogP contribution in [0.2, 0.25) is 0 Å². The molecule has 3 heteroatoms. The van der Waals surface area contributed by atoms with Crippen molar-refractivity contribution in [2.45, 2.75) is 12.8 Å². The average Bonchev–Trinajstić information content (AvgIpc) is 3.04. The van der Waals surface area contributed by atoms with Crippen LogP contribution >= 0.6 is 11.3 Å². The molecule has 0 aliphatic carbocycles. The Balaban J connectivity index is 1.45. The lowest BCUT2D eigenvalue weighted by Gasteiger charge is -2.32. The molecular weight excluding hydrogens is 276 g/mol. The van der Waals surface area contributed by atoms with Crippen LogP contribution in [-0.4, -0.2) is 49.6 Å². The van der Waals surface area contributed by atoms with Gasteiger partial charge in [0.25, 0.3) is 0 Å². The molecule has 1 aliphatic rings. The van der Waals surface area contributed by atoms with E-state index < -0.39 is 0 Å². The number of rotatable bonds is 5. The van der Waals surface area contributed by atoms with E-state index in [4.69, 9.17) is 0 Å². The van der Waals surface area contributed by atoms with Crippen molar-refractivity contribution < 1.29 is 0 Å². The van der Waals surface area contributed by atoms with Crippen LogP contribution in [0.3, 0.4) is 0 Å². The fourth-order valence-electron chi connectivity index (χ4n) is 2.87. The van der Waals surface area contributed by atoms with E-state index in [0.717, 1.165) is 0 Å². The Morgan fingerprint density at radius 1 is 0.952 bits per heavy atom. The summed E-state index contributed by atoms with van der Waals surface area (Å²) in [6.07, 6.45) is 2.46. The third kappa shape index (κ3) is 4.16. The van der Waals surface area contributed by atoms with Gasteiger partial charge in [0.05, 0.1) is 0 Å². The lowest BCUT2D eigenvalue weighted by Crippen LogP contribution is -2.44. The largest absolute Gasteiger partial charge is 0.304 e. The monoisotopic (exact) mass is 300 g/mol. The number of nitrogens with zero attached hydrogens (tertiary/aromatic N) is 2. The van der Waals surface area contributed by atoms with Gasteiger partial charge in [-0.15, -0.1) is 0 Å². The molecule has 0 spiro atoms. The Labute approximate surface area is 132 Å². The second-order valence-electron chi connectivity index (χ2n) is 5.96. The third-order valence-corrected chi connectivity index (χ3v) is 5.03. The van der Waals surface area contributed by atoms with Crippen LogP contribution in [-0.2, 0) is 6.42 Å². The molecule has 0 saturated carbocycles. The topological polar surface area (TPSA) is 6.48 Å². The summed E-state index contributed by atoms with van der Waals surface area (Å²) in [5, 5.41) is 4.35. The normalized spacial score (nSPS) is 17.2. The Hall–Kier alpha value is -1.16. The second kappa shape index (κ2) is 7.21. The van der Waals surface area contributed by atoms with E-state index in [2.05, 4.69) is 57.9 Å². The molecule has 0 N–H and O–H groups in total. The minimum Gasteiger partial charge on any atom is -0.304 e.